The van der Waals surface area contributed by atoms with Crippen LogP contribution in [0.15, 0.2) is 48.8 Å². The van der Waals surface area contributed by atoms with Crippen LogP contribution in [-0.2, 0) is 9.59 Å². The summed E-state index contributed by atoms with van der Waals surface area (Å²) in [7, 11) is 1.77. The van der Waals surface area contributed by atoms with E-state index in [-0.39, 0.29) is 29.8 Å². The number of likely N-dealkylation sites (N-methyl/N-ethyl adjacent to an activating group) is 1. The summed E-state index contributed by atoms with van der Waals surface area (Å²) < 4.78 is 1.85. The summed E-state index contributed by atoms with van der Waals surface area (Å²) >= 11 is 0. The van der Waals surface area contributed by atoms with Gasteiger partial charge in [0, 0.05) is 18.1 Å². The van der Waals surface area contributed by atoms with Crippen molar-refractivity contribution in [3.05, 3.63) is 54.4 Å². The monoisotopic (exact) mass is 488 g/mol. The number of hydrogen-bond acceptors (Lipinski definition) is 5. The second-order valence-corrected chi connectivity index (χ2v) is 10.1. The average molecular weight is 489 g/mol. The lowest BCUT2D eigenvalue weighted by atomic mass is 9.83. The van der Waals surface area contributed by atoms with Crippen molar-refractivity contribution >= 4 is 22.7 Å². The van der Waals surface area contributed by atoms with Crippen molar-refractivity contribution < 1.29 is 9.59 Å². The summed E-state index contributed by atoms with van der Waals surface area (Å²) in [5, 5.41) is 11.7. The predicted molar refractivity (Wildman–Crippen MR) is 140 cm³/mol. The van der Waals surface area contributed by atoms with E-state index in [9.17, 15) is 9.59 Å². The third-order valence-corrected chi connectivity index (χ3v) is 7.90. The van der Waals surface area contributed by atoms with E-state index in [0.29, 0.717) is 6.54 Å². The van der Waals surface area contributed by atoms with Crippen molar-refractivity contribution in [3.63, 3.8) is 0 Å². The van der Waals surface area contributed by atoms with Crippen LogP contribution in [0.5, 0.6) is 0 Å². The van der Waals surface area contributed by atoms with E-state index < -0.39 is 6.04 Å². The van der Waals surface area contributed by atoms with Crippen LogP contribution in [0, 0.1) is 5.92 Å². The molecule has 5 rings (SSSR count). The van der Waals surface area contributed by atoms with Gasteiger partial charge in [-0.1, -0.05) is 37.5 Å². The highest BCUT2D eigenvalue weighted by molar-refractivity contribution is 5.90. The first-order valence-corrected chi connectivity index (χ1v) is 13.2. The minimum Gasteiger partial charge on any atom is -0.343 e. The Kier molecular flexibility index (Phi) is 7.32. The number of aromatic nitrogens is 3. The fraction of sp³-hybridized carbons (Fsp3) is 0.500. The Hall–Kier alpha value is -3.26. The molecule has 2 unspecified atom stereocenters. The Balaban J connectivity index is 1.41. The number of hydrogen-bond donors (Lipinski definition) is 2. The maximum absolute atomic E-state index is 14.0. The molecular formula is C28H36N6O2. The van der Waals surface area contributed by atoms with Gasteiger partial charge < -0.3 is 15.5 Å². The van der Waals surface area contributed by atoms with Gasteiger partial charge in [0.2, 0.25) is 11.8 Å². The molecule has 3 atom stereocenters. The number of nitrogens with one attached hydrogen (secondary N) is 2. The van der Waals surface area contributed by atoms with Gasteiger partial charge in [0.25, 0.3) is 0 Å². The topological polar surface area (TPSA) is 92.2 Å². The van der Waals surface area contributed by atoms with Crippen LogP contribution in [0.25, 0.3) is 16.7 Å². The van der Waals surface area contributed by atoms with Crippen LogP contribution < -0.4 is 10.6 Å². The zero-order valence-electron chi connectivity index (χ0n) is 21.2. The number of carbonyl (C=O) groups is 2. The van der Waals surface area contributed by atoms with Gasteiger partial charge in [-0.2, -0.15) is 5.10 Å². The van der Waals surface area contributed by atoms with Gasteiger partial charge in [0.15, 0.2) is 5.82 Å². The molecule has 1 saturated carbocycles. The van der Waals surface area contributed by atoms with Gasteiger partial charge in [-0.25, -0.2) is 9.67 Å². The quantitative estimate of drug-likeness (QED) is 0.528. The van der Waals surface area contributed by atoms with Crippen LogP contribution in [0.3, 0.4) is 0 Å². The van der Waals surface area contributed by atoms with Crippen molar-refractivity contribution in [1.29, 1.82) is 0 Å². The molecule has 1 saturated heterocycles. The van der Waals surface area contributed by atoms with Gasteiger partial charge in [-0.05, 0) is 69.3 Å². The number of carbonyl (C=O) groups excluding carboxylic acids is 2. The maximum atomic E-state index is 14.0. The lowest BCUT2D eigenvalue weighted by molar-refractivity contribution is -0.139. The Morgan fingerprint density at radius 1 is 1.06 bits per heavy atom. The zero-order valence-corrected chi connectivity index (χ0v) is 21.2. The van der Waals surface area contributed by atoms with Crippen LogP contribution >= 0.6 is 0 Å². The number of amides is 2. The van der Waals surface area contributed by atoms with Gasteiger partial charge in [-0.15, -0.1) is 0 Å². The highest BCUT2D eigenvalue weighted by atomic mass is 16.2. The summed E-state index contributed by atoms with van der Waals surface area (Å²) in [5.74, 6) is 0.856. The minimum absolute atomic E-state index is 0.0363. The summed E-state index contributed by atoms with van der Waals surface area (Å²) in [6.45, 7) is 2.53. The molecule has 8 nitrogen and oxygen atoms in total. The maximum Gasteiger partial charge on any atom is 0.245 e. The fourth-order valence-electron chi connectivity index (χ4n) is 5.73. The number of rotatable bonds is 7. The van der Waals surface area contributed by atoms with Gasteiger partial charge in [0.1, 0.15) is 6.04 Å². The zero-order chi connectivity index (χ0) is 25.1. The molecule has 0 spiro atoms. The smallest absolute Gasteiger partial charge is 0.245 e. The molecule has 2 N–H and O–H groups in total. The molecule has 1 aromatic carbocycles. The third kappa shape index (κ3) is 4.87. The van der Waals surface area contributed by atoms with Crippen molar-refractivity contribution in [1.82, 2.24) is 30.3 Å². The van der Waals surface area contributed by atoms with Crippen LogP contribution in [0.2, 0.25) is 0 Å². The fourth-order valence-corrected chi connectivity index (χ4v) is 5.73. The Labute approximate surface area is 212 Å². The molecular weight excluding hydrogens is 452 g/mol. The number of para-hydroxylation sites is 1. The van der Waals surface area contributed by atoms with Crippen molar-refractivity contribution in [2.24, 2.45) is 5.92 Å². The molecule has 2 fully saturated rings. The Morgan fingerprint density at radius 3 is 2.67 bits per heavy atom. The second kappa shape index (κ2) is 10.8. The molecule has 190 valence electrons. The summed E-state index contributed by atoms with van der Waals surface area (Å²) in [6, 6.07) is 11.3. The number of fused-ring (bicyclic) bond motifs is 1. The predicted octanol–water partition coefficient (Wildman–Crippen LogP) is 3.76. The molecule has 3 aromatic rings. The van der Waals surface area contributed by atoms with Gasteiger partial charge in [-0.3, -0.25) is 9.59 Å². The van der Waals surface area contributed by atoms with Crippen molar-refractivity contribution in [2.75, 3.05) is 13.6 Å². The van der Waals surface area contributed by atoms with Gasteiger partial charge in [0.05, 0.1) is 23.8 Å². The molecule has 36 heavy (non-hydrogen) atoms. The number of likely N-dealkylation sites (tertiary alicyclic amines) is 1. The molecule has 2 aliphatic rings. The summed E-state index contributed by atoms with van der Waals surface area (Å²) in [5.41, 5.74) is 2.06. The van der Waals surface area contributed by atoms with Crippen molar-refractivity contribution in [3.8, 4) is 5.82 Å². The molecule has 1 aliphatic heterocycles. The lowest BCUT2D eigenvalue weighted by Crippen LogP contribution is -2.55. The highest BCUT2D eigenvalue weighted by Crippen LogP contribution is 2.35. The molecule has 2 aromatic heterocycles. The van der Waals surface area contributed by atoms with E-state index >= 15 is 0 Å². The van der Waals surface area contributed by atoms with E-state index in [1.807, 2.05) is 59.1 Å². The Bertz CT molecular complexity index is 1220. The van der Waals surface area contributed by atoms with E-state index in [4.69, 9.17) is 0 Å². The molecule has 1 aliphatic carbocycles. The van der Waals surface area contributed by atoms with Crippen LogP contribution in [0.1, 0.15) is 63.5 Å². The van der Waals surface area contributed by atoms with E-state index in [2.05, 4.69) is 20.7 Å². The SMILES string of the molecule is CNC(C)C(=O)N[C@H](C(=O)N1CCCC1c1ccnc(-n2ncc3ccccc32)c1)C1CCCCC1. The largest absolute Gasteiger partial charge is 0.343 e. The molecule has 0 bridgehead atoms. The number of nitrogens with zero attached hydrogens (tertiary/aromatic N) is 4. The normalized spacial score (nSPS) is 20.4. The van der Waals surface area contributed by atoms with E-state index in [0.717, 1.165) is 60.8 Å². The third-order valence-electron chi connectivity index (χ3n) is 7.90. The van der Waals surface area contributed by atoms with Crippen LogP contribution in [-0.4, -0.2) is 57.2 Å². The van der Waals surface area contributed by atoms with Crippen LogP contribution in [0.4, 0.5) is 0 Å². The molecule has 8 heteroatoms. The number of pyridine rings is 1. The average Bonchev–Trinajstić information content (AvgIpc) is 3.59. The van der Waals surface area contributed by atoms with E-state index in [1.54, 1.807) is 13.2 Å². The molecule has 3 heterocycles. The lowest BCUT2D eigenvalue weighted by Gasteiger charge is -2.35. The molecule has 2 amide bonds. The minimum atomic E-state index is -0.481. The summed E-state index contributed by atoms with van der Waals surface area (Å²) in [4.78, 5) is 33.4. The van der Waals surface area contributed by atoms with Gasteiger partial charge >= 0.3 is 0 Å². The highest BCUT2D eigenvalue weighted by Gasteiger charge is 2.39. The first kappa shape index (κ1) is 24.4. The molecule has 0 radical (unpaired) electrons. The number of benzene rings is 1. The Morgan fingerprint density at radius 2 is 1.86 bits per heavy atom. The van der Waals surface area contributed by atoms with E-state index in [1.165, 1.54) is 6.42 Å². The second-order valence-electron chi connectivity index (χ2n) is 10.1. The first-order valence-electron chi connectivity index (χ1n) is 13.2. The summed E-state index contributed by atoms with van der Waals surface area (Å²) in [6.07, 6.45) is 10.9. The van der Waals surface area contributed by atoms with Crippen molar-refractivity contribution in [2.45, 2.75) is 70.0 Å². The first-order chi connectivity index (χ1) is 17.6. The standard InChI is InChI=1S/C28H36N6O2/c1-19(29-2)27(35)32-26(20-9-4-3-5-10-20)28(36)33-16-8-13-23(33)21-14-15-30-25(17-21)34-24-12-7-6-11-22(24)18-31-34/h6-7,11-12,14-15,17-20,23,26,29H,3-5,8-10,13,16H2,1-2H3,(H,32,35)/t19?,23?,26-/m0/s1.